The van der Waals surface area contributed by atoms with Gasteiger partial charge in [0.05, 0.1) is 19.8 Å². The Bertz CT molecular complexity index is 301. The number of carbonyl (C=O) groups is 1. The van der Waals surface area contributed by atoms with Gasteiger partial charge >= 0.3 is 0 Å². The van der Waals surface area contributed by atoms with Crippen molar-refractivity contribution in [1.29, 1.82) is 0 Å². The van der Waals surface area contributed by atoms with Crippen LogP contribution in [-0.2, 0) is 9.53 Å². The summed E-state index contributed by atoms with van der Waals surface area (Å²) in [5, 5.41) is 12.0. The number of piperidine rings is 1. The highest BCUT2D eigenvalue weighted by molar-refractivity contribution is 5.76. The molecule has 0 atom stereocenters. The van der Waals surface area contributed by atoms with Crippen LogP contribution >= 0.6 is 0 Å². The van der Waals surface area contributed by atoms with Crippen LogP contribution in [0, 0.1) is 5.92 Å². The van der Waals surface area contributed by atoms with Gasteiger partial charge in [0.15, 0.2) is 0 Å². The first kappa shape index (κ1) is 16.7. The molecule has 2 aliphatic rings. The number of rotatable bonds is 7. The van der Waals surface area contributed by atoms with E-state index < -0.39 is 0 Å². The van der Waals surface area contributed by atoms with E-state index >= 15 is 0 Å². The fraction of sp³-hybridized carbons (Fsp3) is 0.933. The van der Waals surface area contributed by atoms with Gasteiger partial charge in [-0.05, 0) is 31.8 Å². The first-order chi connectivity index (χ1) is 10.3. The molecule has 1 amide bonds. The lowest BCUT2D eigenvalue weighted by atomic mass is 9.94. The van der Waals surface area contributed by atoms with E-state index in [9.17, 15) is 4.79 Å². The quantitative estimate of drug-likeness (QED) is 0.622. The lowest BCUT2D eigenvalue weighted by Gasteiger charge is -2.35. The molecule has 0 aromatic heterocycles. The number of carbonyl (C=O) groups excluding carboxylic acids is 1. The molecular weight excluding hydrogens is 270 g/mol. The molecule has 0 radical (unpaired) electrons. The molecule has 0 aliphatic carbocycles. The molecular formula is C15H29N3O3. The van der Waals surface area contributed by atoms with Crippen molar-refractivity contribution in [3.05, 3.63) is 0 Å². The maximum Gasteiger partial charge on any atom is 0.222 e. The number of nitrogens with zero attached hydrogens (tertiary/aromatic N) is 2. The van der Waals surface area contributed by atoms with E-state index in [1.807, 2.05) is 4.90 Å². The van der Waals surface area contributed by atoms with Gasteiger partial charge in [0.25, 0.3) is 0 Å². The molecule has 21 heavy (non-hydrogen) atoms. The SMILES string of the molecule is O=C(CC1CCNCC1)N1CCN(CCOCCO)CC1. The zero-order chi connectivity index (χ0) is 14.9. The number of amides is 1. The van der Waals surface area contributed by atoms with Crippen LogP contribution in [-0.4, -0.2) is 86.4 Å². The standard InChI is InChI=1S/C15H29N3O3/c19-10-12-21-11-9-17-5-7-18(8-6-17)15(20)13-14-1-3-16-4-2-14/h14,16,19H,1-13H2. The molecule has 0 spiro atoms. The van der Waals surface area contributed by atoms with Gasteiger partial charge in [-0.25, -0.2) is 0 Å². The summed E-state index contributed by atoms with van der Waals surface area (Å²) in [7, 11) is 0. The minimum atomic E-state index is 0.0823. The molecule has 0 saturated carbocycles. The van der Waals surface area contributed by atoms with Crippen LogP contribution < -0.4 is 5.32 Å². The van der Waals surface area contributed by atoms with E-state index in [1.165, 1.54) is 0 Å². The summed E-state index contributed by atoms with van der Waals surface area (Å²) in [5.41, 5.74) is 0. The van der Waals surface area contributed by atoms with Crippen LogP contribution in [0.5, 0.6) is 0 Å². The van der Waals surface area contributed by atoms with Crippen molar-refractivity contribution in [1.82, 2.24) is 15.1 Å². The third-order valence-electron chi connectivity index (χ3n) is 4.43. The minimum Gasteiger partial charge on any atom is -0.394 e. The lowest BCUT2D eigenvalue weighted by Crippen LogP contribution is -2.49. The van der Waals surface area contributed by atoms with Gasteiger partial charge in [-0.1, -0.05) is 0 Å². The second-order valence-corrected chi connectivity index (χ2v) is 5.96. The van der Waals surface area contributed by atoms with Crippen molar-refractivity contribution in [3.63, 3.8) is 0 Å². The van der Waals surface area contributed by atoms with Crippen molar-refractivity contribution >= 4 is 5.91 Å². The normalized spacial score (nSPS) is 21.7. The molecule has 6 nitrogen and oxygen atoms in total. The summed E-state index contributed by atoms with van der Waals surface area (Å²) >= 11 is 0. The fourth-order valence-electron chi connectivity index (χ4n) is 3.04. The topological polar surface area (TPSA) is 65.0 Å². The van der Waals surface area contributed by atoms with E-state index in [0.717, 1.165) is 65.1 Å². The van der Waals surface area contributed by atoms with Gasteiger partial charge < -0.3 is 20.1 Å². The first-order valence-electron chi connectivity index (χ1n) is 8.19. The molecule has 2 aliphatic heterocycles. The second kappa shape index (κ2) is 9.35. The maximum atomic E-state index is 12.3. The largest absolute Gasteiger partial charge is 0.394 e. The zero-order valence-corrected chi connectivity index (χ0v) is 12.9. The van der Waals surface area contributed by atoms with Gasteiger partial charge in [-0.15, -0.1) is 0 Å². The first-order valence-corrected chi connectivity index (χ1v) is 8.19. The fourth-order valence-corrected chi connectivity index (χ4v) is 3.04. The highest BCUT2D eigenvalue weighted by Gasteiger charge is 2.24. The van der Waals surface area contributed by atoms with E-state index in [2.05, 4.69) is 10.2 Å². The van der Waals surface area contributed by atoms with Crippen LogP contribution in [0.4, 0.5) is 0 Å². The molecule has 0 aromatic carbocycles. The molecule has 0 unspecified atom stereocenters. The number of hydrogen-bond acceptors (Lipinski definition) is 5. The second-order valence-electron chi connectivity index (χ2n) is 5.96. The predicted molar refractivity (Wildman–Crippen MR) is 81.1 cm³/mol. The van der Waals surface area contributed by atoms with Crippen LogP contribution in [0.1, 0.15) is 19.3 Å². The van der Waals surface area contributed by atoms with Crippen LogP contribution in [0.15, 0.2) is 0 Å². The number of ether oxygens (including phenoxy) is 1. The Morgan fingerprint density at radius 3 is 2.52 bits per heavy atom. The number of nitrogens with one attached hydrogen (secondary N) is 1. The van der Waals surface area contributed by atoms with Crippen molar-refractivity contribution in [2.24, 2.45) is 5.92 Å². The van der Waals surface area contributed by atoms with Crippen molar-refractivity contribution in [2.75, 3.05) is 65.6 Å². The Kier molecular flexibility index (Phi) is 7.43. The predicted octanol–water partition coefficient (Wildman–Crippen LogP) is -0.471. The van der Waals surface area contributed by atoms with Gasteiger partial charge in [0.2, 0.25) is 5.91 Å². The van der Waals surface area contributed by atoms with Crippen LogP contribution in [0.3, 0.4) is 0 Å². The lowest BCUT2D eigenvalue weighted by molar-refractivity contribution is -0.134. The third-order valence-corrected chi connectivity index (χ3v) is 4.43. The molecule has 2 fully saturated rings. The van der Waals surface area contributed by atoms with Gasteiger partial charge in [0.1, 0.15) is 0 Å². The Balaban J connectivity index is 1.60. The van der Waals surface area contributed by atoms with E-state index in [0.29, 0.717) is 25.0 Å². The van der Waals surface area contributed by atoms with E-state index in [-0.39, 0.29) is 6.61 Å². The zero-order valence-electron chi connectivity index (χ0n) is 12.9. The van der Waals surface area contributed by atoms with E-state index in [1.54, 1.807) is 0 Å². The highest BCUT2D eigenvalue weighted by atomic mass is 16.5. The Morgan fingerprint density at radius 2 is 1.86 bits per heavy atom. The third kappa shape index (κ3) is 5.90. The van der Waals surface area contributed by atoms with E-state index in [4.69, 9.17) is 9.84 Å². The molecule has 0 aromatic rings. The van der Waals surface area contributed by atoms with Gasteiger partial charge in [-0.2, -0.15) is 0 Å². The average Bonchev–Trinajstić information content (AvgIpc) is 2.53. The monoisotopic (exact) mass is 299 g/mol. The number of hydrogen-bond donors (Lipinski definition) is 2. The van der Waals surface area contributed by atoms with Crippen LogP contribution in [0.2, 0.25) is 0 Å². The molecule has 2 heterocycles. The Labute approximate surface area is 127 Å². The van der Waals surface area contributed by atoms with Gasteiger partial charge in [0, 0.05) is 39.1 Å². The number of piperazine rings is 1. The summed E-state index contributed by atoms with van der Waals surface area (Å²) < 4.78 is 5.28. The van der Waals surface area contributed by atoms with Crippen molar-refractivity contribution < 1.29 is 14.6 Å². The summed E-state index contributed by atoms with van der Waals surface area (Å²) in [4.78, 5) is 16.7. The highest BCUT2D eigenvalue weighted by Crippen LogP contribution is 2.17. The van der Waals surface area contributed by atoms with Crippen molar-refractivity contribution in [2.45, 2.75) is 19.3 Å². The molecule has 2 saturated heterocycles. The summed E-state index contributed by atoms with van der Waals surface area (Å²) in [6.07, 6.45) is 2.99. The summed E-state index contributed by atoms with van der Waals surface area (Å²) in [5.74, 6) is 0.904. The summed E-state index contributed by atoms with van der Waals surface area (Å²) in [6, 6.07) is 0. The van der Waals surface area contributed by atoms with Crippen LogP contribution in [0.25, 0.3) is 0 Å². The molecule has 6 heteroatoms. The minimum absolute atomic E-state index is 0.0823. The average molecular weight is 299 g/mol. The molecule has 2 N–H and O–H groups in total. The van der Waals surface area contributed by atoms with Crippen molar-refractivity contribution in [3.8, 4) is 0 Å². The molecule has 122 valence electrons. The number of aliphatic hydroxyl groups excluding tert-OH is 1. The Morgan fingerprint density at radius 1 is 1.14 bits per heavy atom. The number of aliphatic hydroxyl groups is 1. The summed E-state index contributed by atoms with van der Waals surface area (Å²) in [6.45, 7) is 7.68. The van der Waals surface area contributed by atoms with Gasteiger partial charge in [-0.3, -0.25) is 9.69 Å². The smallest absolute Gasteiger partial charge is 0.222 e. The maximum absolute atomic E-state index is 12.3. The molecule has 0 bridgehead atoms. The Hall–Kier alpha value is -0.690. The molecule has 2 rings (SSSR count).